The van der Waals surface area contributed by atoms with Gasteiger partial charge in [-0.1, -0.05) is 12.1 Å². The zero-order valence-electron chi connectivity index (χ0n) is 12.5. The van der Waals surface area contributed by atoms with E-state index in [4.69, 9.17) is 4.74 Å². The van der Waals surface area contributed by atoms with Crippen molar-refractivity contribution in [3.63, 3.8) is 0 Å². The largest absolute Gasteiger partial charge is 0.496 e. The van der Waals surface area contributed by atoms with E-state index >= 15 is 0 Å². The van der Waals surface area contributed by atoms with E-state index in [1.54, 1.807) is 7.11 Å². The molecule has 1 aromatic heterocycles. The highest BCUT2D eigenvalue weighted by molar-refractivity contribution is 6.11. The van der Waals surface area contributed by atoms with Gasteiger partial charge in [0.2, 0.25) is 0 Å². The molecule has 3 rings (SSSR count). The summed E-state index contributed by atoms with van der Waals surface area (Å²) in [5, 5.41) is 1.62. The van der Waals surface area contributed by atoms with Crippen LogP contribution in [0.5, 0.6) is 5.75 Å². The van der Waals surface area contributed by atoms with Crippen molar-refractivity contribution >= 4 is 21.8 Å². The van der Waals surface area contributed by atoms with Gasteiger partial charge in [0.1, 0.15) is 5.75 Å². The van der Waals surface area contributed by atoms with Crippen molar-refractivity contribution in [2.24, 2.45) is 0 Å². The van der Waals surface area contributed by atoms with Crippen LogP contribution in [0.2, 0.25) is 0 Å². The number of rotatable bonds is 2. The zero-order chi connectivity index (χ0) is 16.1. The SMILES string of the molecule is COc1cccc2c1c1ccc(C(F)(F)F)cc1n2C(C)C. The highest BCUT2D eigenvalue weighted by Crippen LogP contribution is 2.40. The minimum atomic E-state index is -4.35. The third-order valence-electron chi connectivity index (χ3n) is 3.85. The van der Waals surface area contributed by atoms with Crippen molar-refractivity contribution in [2.45, 2.75) is 26.1 Å². The van der Waals surface area contributed by atoms with E-state index in [1.807, 2.05) is 36.6 Å². The third kappa shape index (κ3) is 2.12. The maximum Gasteiger partial charge on any atom is 0.416 e. The van der Waals surface area contributed by atoms with Crippen LogP contribution in [0.25, 0.3) is 21.8 Å². The van der Waals surface area contributed by atoms with Gasteiger partial charge in [-0.25, -0.2) is 0 Å². The van der Waals surface area contributed by atoms with Gasteiger partial charge in [0.05, 0.1) is 23.7 Å². The van der Waals surface area contributed by atoms with Crippen LogP contribution in [-0.2, 0) is 6.18 Å². The number of benzene rings is 2. The number of nitrogens with zero attached hydrogens (tertiary/aromatic N) is 1. The summed E-state index contributed by atoms with van der Waals surface area (Å²) in [6.07, 6.45) is -4.35. The molecule has 2 aromatic carbocycles. The first-order valence-corrected chi connectivity index (χ1v) is 7.02. The predicted molar refractivity (Wildman–Crippen MR) is 81.4 cm³/mol. The second-order valence-corrected chi connectivity index (χ2v) is 5.55. The Labute approximate surface area is 126 Å². The van der Waals surface area contributed by atoms with E-state index < -0.39 is 11.7 Å². The Hall–Kier alpha value is -2.17. The van der Waals surface area contributed by atoms with Gasteiger partial charge in [0.15, 0.2) is 0 Å². The van der Waals surface area contributed by atoms with Crippen molar-refractivity contribution in [1.82, 2.24) is 4.57 Å². The molecule has 0 saturated heterocycles. The summed E-state index contributed by atoms with van der Waals surface area (Å²) < 4.78 is 46.4. The Bertz CT molecular complexity index is 846. The van der Waals surface area contributed by atoms with Gasteiger partial charge >= 0.3 is 6.18 Å². The topological polar surface area (TPSA) is 14.2 Å². The average molecular weight is 307 g/mol. The summed E-state index contributed by atoms with van der Waals surface area (Å²) in [6.45, 7) is 3.91. The molecule has 0 amide bonds. The fraction of sp³-hybridized carbons (Fsp3) is 0.294. The monoisotopic (exact) mass is 307 g/mol. The fourth-order valence-corrected chi connectivity index (χ4v) is 2.97. The second-order valence-electron chi connectivity index (χ2n) is 5.55. The van der Waals surface area contributed by atoms with Gasteiger partial charge in [0.25, 0.3) is 0 Å². The average Bonchev–Trinajstić information content (AvgIpc) is 2.79. The molecule has 1 heterocycles. The van der Waals surface area contributed by atoms with E-state index in [2.05, 4.69) is 0 Å². The molecule has 0 unspecified atom stereocenters. The highest BCUT2D eigenvalue weighted by atomic mass is 19.4. The van der Waals surface area contributed by atoms with Crippen LogP contribution < -0.4 is 4.74 Å². The van der Waals surface area contributed by atoms with Gasteiger partial charge in [-0.15, -0.1) is 0 Å². The van der Waals surface area contributed by atoms with E-state index in [1.165, 1.54) is 12.1 Å². The van der Waals surface area contributed by atoms with E-state index in [9.17, 15) is 13.2 Å². The Balaban J connectivity index is 2.48. The van der Waals surface area contributed by atoms with Crippen molar-refractivity contribution in [2.75, 3.05) is 7.11 Å². The van der Waals surface area contributed by atoms with Crippen LogP contribution >= 0.6 is 0 Å². The lowest BCUT2D eigenvalue weighted by molar-refractivity contribution is -0.137. The first kappa shape index (κ1) is 14.8. The van der Waals surface area contributed by atoms with Gasteiger partial charge in [0, 0.05) is 16.8 Å². The molecule has 0 fully saturated rings. The molecule has 2 nitrogen and oxygen atoms in total. The molecule has 0 N–H and O–H groups in total. The summed E-state index contributed by atoms with van der Waals surface area (Å²) >= 11 is 0. The maximum absolute atomic E-state index is 13.0. The van der Waals surface area contributed by atoms with Crippen molar-refractivity contribution in [3.05, 3.63) is 42.0 Å². The smallest absolute Gasteiger partial charge is 0.416 e. The second kappa shape index (κ2) is 4.93. The summed E-state index contributed by atoms with van der Waals surface area (Å²) in [7, 11) is 1.57. The van der Waals surface area contributed by atoms with Crippen molar-refractivity contribution in [1.29, 1.82) is 0 Å². The van der Waals surface area contributed by atoms with Gasteiger partial charge in [-0.3, -0.25) is 0 Å². The maximum atomic E-state index is 13.0. The molecule has 22 heavy (non-hydrogen) atoms. The lowest BCUT2D eigenvalue weighted by Crippen LogP contribution is -2.06. The first-order valence-electron chi connectivity index (χ1n) is 7.02. The van der Waals surface area contributed by atoms with E-state index in [0.717, 1.165) is 22.4 Å². The number of halogens is 3. The molecule has 0 spiro atoms. The quantitative estimate of drug-likeness (QED) is 0.618. The van der Waals surface area contributed by atoms with E-state index in [0.29, 0.717) is 11.3 Å². The number of ether oxygens (including phenoxy) is 1. The van der Waals surface area contributed by atoms with Crippen LogP contribution in [0.4, 0.5) is 13.2 Å². The first-order chi connectivity index (χ1) is 10.3. The standard InChI is InChI=1S/C17H16F3NO/c1-10(2)21-13-5-4-6-15(22-3)16(13)12-8-7-11(9-14(12)21)17(18,19)20/h4-10H,1-3H3. The molecule has 0 radical (unpaired) electrons. The van der Waals surface area contributed by atoms with Crippen LogP contribution in [0.15, 0.2) is 36.4 Å². The Morgan fingerprint density at radius 3 is 2.36 bits per heavy atom. The summed E-state index contributed by atoms with van der Waals surface area (Å²) in [6, 6.07) is 9.49. The number of fused-ring (bicyclic) bond motifs is 3. The number of aromatic nitrogens is 1. The normalized spacial score (nSPS) is 12.5. The molecule has 3 aromatic rings. The highest BCUT2D eigenvalue weighted by Gasteiger charge is 2.31. The Morgan fingerprint density at radius 2 is 1.77 bits per heavy atom. The fourth-order valence-electron chi connectivity index (χ4n) is 2.97. The Morgan fingerprint density at radius 1 is 1.05 bits per heavy atom. The molecule has 0 atom stereocenters. The molecule has 116 valence electrons. The summed E-state index contributed by atoms with van der Waals surface area (Å²) in [4.78, 5) is 0. The molecule has 0 aliphatic carbocycles. The third-order valence-corrected chi connectivity index (χ3v) is 3.85. The minimum Gasteiger partial charge on any atom is -0.496 e. The number of hydrogen-bond donors (Lipinski definition) is 0. The van der Waals surface area contributed by atoms with Gasteiger partial charge < -0.3 is 9.30 Å². The summed E-state index contributed by atoms with van der Waals surface area (Å²) in [5.74, 6) is 0.668. The molecule has 0 aliphatic rings. The van der Waals surface area contributed by atoms with Crippen LogP contribution in [0.1, 0.15) is 25.5 Å². The molecule has 5 heteroatoms. The number of methoxy groups -OCH3 is 1. The zero-order valence-corrected chi connectivity index (χ0v) is 12.5. The summed E-state index contributed by atoms with van der Waals surface area (Å²) in [5.41, 5.74) is 0.816. The van der Waals surface area contributed by atoms with Crippen molar-refractivity contribution in [3.8, 4) is 5.75 Å². The van der Waals surface area contributed by atoms with Crippen LogP contribution in [0.3, 0.4) is 0 Å². The van der Waals surface area contributed by atoms with E-state index in [-0.39, 0.29) is 6.04 Å². The molecule has 0 saturated carbocycles. The molecular formula is C17H16F3NO. The van der Waals surface area contributed by atoms with Crippen LogP contribution in [-0.4, -0.2) is 11.7 Å². The van der Waals surface area contributed by atoms with Crippen molar-refractivity contribution < 1.29 is 17.9 Å². The van der Waals surface area contributed by atoms with Gasteiger partial charge in [-0.2, -0.15) is 13.2 Å². The minimum absolute atomic E-state index is 0.0376. The molecular weight excluding hydrogens is 291 g/mol. The number of alkyl halides is 3. The lowest BCUT2D eigenvalue weighted by atomic mass is 10.1. The number of hydrogen-bond acceptors (Lipinski definition) is 1. The molecule has 0 bridgehead atoms. The molecule has 0 aliphatic heterocycles. The predicted octanol–water partition coefficient (Wildman–Crippen LogP) is 5.40. The van der Waals surface area contributed by atoms with Gasteiger partial charge in [-0.05, 0) is 38.1 Å². The van der Waals surface area contributed by atoms with Crippen LogP contribution in [0, 0.1) is 0 Å². The lowest BCUT2D eigenvalue weighted by Gasteiger charge is -2.13. The Kier molecular flexibility index (Phi) is 3.31.